The lowest BCUT2D eigenvalue weighted by atomic mass is 9.78. The Morgan fingerprint density at radius 1 is 0.759 bits per heavy atom. The first-order valence-electron chi connectivity index (χ1n) is 11.6. The van der Waals surface area contributed by atoms with Crippen LogP contribution < -0.4 is 0 Å². The Morgan fingerprint density at radius 3 is 1.79 bits per heavy atom. The first-order chi connectivity index (χ1) is 14.3. The largest absolute Gasteiger partial charge is 0.0917 e. The zero-order valence-electron chi connectivity index (χ0n) is 18.3. The molecular weight excluding hydrogens is 348 g/mol. The zero-order valence-corrected chi connectivity index (χ0v) is 18.3. The normalized spacial score (nSPS) is 19.1. The molecular formula is C29H36. The third-order valence-electron chi connectivity index (χ3n) is 6.48. The monoisotopic (exact) mass is 384 g/mol. The SMILES string of the molecule is C/C=C/CCc1ccc(C#Cc2ccc(CCC3CCC(CC)CC3)cc2)cc1. The topological polar surface area (TPSA) is 0 Å². The lowest BCUT2D eigenvalue weighted by Crippen LogP contribution is -2.14. The molecule has 0 N–H and O–H groups in total. The summed E-state index contributed by atoms with van der Waals surface area (Å²) in [7, 11) is 0. The fourth-order valence-corrected chi connectivity index (χ4v) is 4.37. The first kappa shape index (κ1) is 21.4. The second-order valence-electron chi connectivity index (χ2n) is 8.59. The molecule has 0 heteroatoms. The van der Waals surface area contributed by atoms with E-state index in [9.17, 15) is 0 Å². The smallest absolute Gasteiger partial charge is 0.0249 e. The molecule has 2 aromatic rings. The Balaban J connectivity index is 1.47. The van der Waals surface area contributed by atoms with Gasteiger partial charge in [0.25, 0.3) is 0 Å². The molecule has 3 rings (SSSR count). The molecule has 2 aromatic carbocycles. The number of aryl methyl sites for hydroxylation is 2. The van der Waals surface area contributed by atoms with E-state index in [1.54, 1.807) is 0 Å². The van der Waals surface area contributed by atoms with Crippen LogP contribution in [0.15, 0.2) is 60.7 Å². The molecule has 1 saturated carbocycles. The summed E-state index contributed by atoms with van der Waals surface area (Å²) in [6, 6.07) is 17.6. The van der Waals surface area contributed by atoms with E-state index in [0.29, 0.717) is 0 Å². The summed E-state index contributed by atoms with van der Waals surface area (Å²) in [5.41, 5.74) is 5.03. The van der Waals surface area contributed by atoms with Gasteiger partial charge >= 0.3 is 0 Å². The highest BCUT2D eigenvalue weighted by Crippen LogP contribution is 2.33. The maximum Gasteiger partial charge on any atom is 0.0249 e. The van der Waals surface area contributed by atoms with E-state index in [0.717, 1.165) is 35.8 Å². The maximum atomic E-state index is 3.32. The quantitative estimate of drug-likeness (QED) is 0.338. The van der Waals surface area contributed by atoms with Crippen LogP contribution in [0.2, 0.25) is 0 Å². The minimum Gasteiger partial charge on any atom is -0.0917 e. The van der Waals surface area contributed by atoms with Crippen molar-refractivity contribution < 1.29 is 0 Å². The first-order valence-corrected chi connectivity index (χ1v) is 11.6. The molecule has 0 heterocycles. The van der Waals surface area contributed by atoms with E-state index in [1.807, 2.05) is 0 Å². The van der Waals surface area contributed by atoms with Crippen molar-refractivity contribution in [3.8, 4) is 11.8 Å². The van der Waals surface area contributed by atoms with E-state index < -0.39 is 0 Å². The average molecular weight is 385 g/mol. The Bertz CT molecular complexity index is 803. The van der Waals surface area contributed by atoms with E-state index in [1.165, 1.54) is 56.1 Å². The molecule has 0 atom stereocenters. The molecule has 0 amide bonds. The van der Waals surface area contributed by atoms with Crippen LogP contribution in [0.4, 0.5) is 0 Å². The van der Waals surface area contributed by atoms with Crippen LogP contribution in [0.1, 0.15) is 81.0 Å². The highest BCUT2D eigenvalue weighted by Gasteiger charge is 2.19. The van der Waals surface area contributed by atoms with Crippen molar-refractivity contribution in [1.82, 2.24) is 0 Å². The maximum absolute atomic E-state index is 3.32. The molecule has 0 aliphatic heterocycles. The van der Waals surface area contributed by atoms with E-state index in [-0.39, 0.29) is 0 Å². The molecule has 0 bridgehead atoms. The Kier molecular flexibility index (Phi) is 8.63. The van der Waals surface area contributed by atoms with Gasteiger partial charge in [-0.15, -0.1) is 0 Å². The standard InChI is InChI=1S/C29H36/c1-3-5-6-7-25-12-14-27(15-13-25)18-19-29-22-20-28(21-23-29)17-16-26-10-8-24(4-2)9-11-26/h3,5,12-15,20-24,26H,4,6-11,16-17H2,1-2H3/b5-3+. The van der Waals surface area contributed by atoms with Crippen LogP contribution in [0.25, 0.3) is 0 Å². The summed E-state index contributed by atoms with van der Waals surface area (Å²) in [4.78, 5) is 0. The molecule has 1 aliphatic rings. The van der Waals surface area contributed by atoms with Crippen molar-refractivity contribution in [2.24, 2.45) is 11.8 Å². The highest BCUT2D eigenvalue weighted by atomic mass is 14.2. The molecule has 1 fully saturated rings. The number of hydrogen-bond acceptors (Lipinski definition) is 0. The number of hydrogen-bond donors (Lipinski definition) is 0. The lowest BCUT2D eigenvalue weighted by Gasteiger charge is -2.27. The molecule has 1 aliphatic carbocycles. The predicted octanol–water partition coefficient (Wildman–Crippen LogP) is 7.74. The van der Waals surface area contributed by atoms with Crippen molar-refractivity contribution >= 4 is 0 Å². The fraction of sp³-hybridized carbons (Fsp3) is 0.448. The van der Waals surface area contributed by atoms with Gasteiger partial charge in [0.15, 0.2) is 0 Å². The predicted molar refractivity (Wildman–Crippen MR) is 126 cm³/mol. The van der Waals surface area contributed by atoms with Crippen molar-refractivity contribution in [1.29, 1.82) is 0 Å². The molecule has 29 heavy (non-hydrogen) atoms. The summed E-state index contributed by atoms with van der Waals surface area (Å²) in [5.74, 6) is 8.56. The van der Waals surface area contributed by atoms with Gasteiger partial charge in [0.1, 0.15) is 0 Å². The van der Waals surface area contributed by atoms with Gasteiger partial charge in [-0.3, -0.25) is 0 Å². The molecule has 0 radical (unpaired) electrons. The number of benzene rings is 2. The third-order valence-corrected chi connectivity index (χ3v) is 6.48. The van der Waals surface area contributed by atoms with E-state index in [2.05, 4.69) is 86.4 Å². The van der Waals surface area contributed by atoms with Gasteiger partial charge < -0.3 is 0 Å². The minimum atomic E-state index is 0.943. The molecule has 0 unspecified atom stereocenters. The molecule has 0 aromatic heterocycles. The van der Waals surface area contributed by atoms with Crippen LogP contribution in [0.3, 0.4) is 0 Å². The van der Waals surface area contributed by atoms with Gasteiger partial charge in [-0.1, -0.05) is 87.3 Å². The minimum absolute atomic E-state index is 0.943. The summed E-state index contributed by atoms with van der Waals surface area (Å²) in [5, 5.41) is 0. The van der Waals surface area contributed by atoms with Crippen molar-refractivity contribution in [2.45, 2.75) is 71.6 Å². The summed E-state index contributed by atoms with van der Waals surface area (Å²) in [6.45, 7) is 4.42. The summed E-state index contributed by atoms with van der Waals surface area (Å²) in [6.07, 6.45) is 16.2. The Morgan fingerprint density at radius 2 is 1.28 bits per heavy atom. The average Bonchev–Trinajstić information content (AvgIpc) is 2.78. The van der Waals surface area contributed by atoms with Gasteiger partial charge in [0.05, 0.1) is 0 Å². The zero-order chi connectivity index (χ0) is 20.3. The molecule has 0 saturated heterocycles. The van der Waals surface area contributed by atoms with Crippen LogP contribution in [0, 0.1) is 23.7 Å². The third kappa shape index (κ3) is 7.25. The van der Waals surface area contributed by atoms with Gasteiger partial charge in [-0.05, 0) is 79.8 Å². The van der Waals surface area contributed by atoms with Gasteiger partial charge in [0, 0.05) is 11.1 Å². The number of allylic oxidation sites excluding steroid dienone is 2. The van der Waals surface area contributed by atoms with Gasteiger partial charge in [-0.25, -0.2) is 0 Å². The van der Waals surface area contributed by atoms with Gasteiger partial charge in [-0.2, -0.15) is 0 Å². The Hall–Kier alpha value is -2.26. The van der Waals surface area contributed by atoms with E-state index in [4.69, 9.17) is 0 Å². The molecule has 0 nitrogen and oxygen atoms in total. The second-order valence-corrected chi connectivity index (χ2v) is 8.59. The van der Waals surface area contributed by atoms with Crippen molar-refractivity contribution in [3.05, 3.63) is 82.9 Å². The van der Waals surface area contributed by atoms with Gasteiger partial charge in [0.2, 0.25) is 0 Å². The van der Waals surface area contributed by atoms with Crippen LogP contribution in [0.5, 0.6) is 0 Å². The second kappa shape index (κ2) is 11.7. The van der Waals surface area contributed by atoms with Crippen LogP contribution in [-0.2, 0) is 12.8 Å². The summed E-state index contributed by atoms with van der Waals surface area (Å²) < 4.78 is 0. The number of rotatable bonds is 7. The molecule has 0 spiro atoms. The van der Waals surface area contributed by atoms with Crippen LogP contribution in [-0.4, -0.2) is 0 Å². The lowest BCUT2D eigenvalue weighted by molar-refractivity contribution is 0.259. The Labute approximate surface area is 178 Å². The van der Waals surface area contributed by atoms with E-state index >= 15 is 0 Å². The highest BCUT2D eigenvalue weighted by molar-refractivity contribution is 5.44. The van der Waals surface area contributed by atoms with Crippen molar-refractivity contribution in [2.75, 3.05) is 0 Å². The van der Waals surface area contributed by atoms with Crippen LogP contribution >= 0.6 is 0 Å². The van der Waals surface area contributed by atoms with Crippen molar-refractivity contribution in [3.63, 3.8) is 0 Å². The molecule has 152 valence electrons. The summed E-state index contributed by atoms with van der Waals surface area (Å²) >= 11 is 0. The fourth-order valence-electron chi connectivity index (χ4n) is 4.37.